The fourth-order valence-electron chi connectivity index (χ4n) is 5.56. The smallest absolute Gasteiger partial charge is 0.407 e. The minimum Gasteiger partial charge on any atom is -0.444 e. The third kappa shape index (κ3) is 14.3. The summed E-state index contributed by atoms with van der Waals surface area (Å²) in [7, 11) is 1.68. The Bertz CT molecular complexity index is 1620. The van der Waals surface area contributed by atoms with Gasteiger partial charge in [-0.3, -0.25) is 9.78 Å². The second kappa shape index (κ2) is 21.9. The highest BCUT2D eigenvalue weighted by Crippen LogP contribution is 2.20. The lowest BCUT2D eigenvalue weighted by molar-refractivity contribution is -0.123. The summed E-state index contributed by atoms with van der Waals surface area (Å²) >= 11 is 2.99. The Kier molecular flexibility index (Phi) is 17.0. The molecule has 0 bridgehead atoms. The van der Waals surface area contributed by atoms with Gasteiger partial charge in [-0.05, 0) is 49.8 Å². The molecule has 12 nitrogen and oxygen atoms in total. The Labute approximate surface area is 314 Å². The van der Waals surface area contributed by atoms with Crippen molar-refractivity contribution in [2.45, 2.75) is 83.1 Å². The summed E-state index contributed by atoms with van der Waals surface area (Å²) in [6, 6.07) is 18.1. The van der Waals surface area contributed by atoms with Gasteiger partial charge in [-0.2, -0.15) is 0 Å². The molecule has 4 aromatic rings. The molecule has 2 aromatic heterocycles. The monoisotopic (exact) mass is 749 g/mol. The first-order valence-electron chi connectivity index (χ1n) is 17.7. The summed E-state index contributed by atoms with van der Waals surface area (Å²) in [5.74, 6) is -0.00521. The molecule has 0 unspecified atom stereocenters. The van der Waals surface area contributed by atoms with Crippen molar-refractivity contribution in [3.8, 4) is 0 Å². The highest BCUT2D eigenvalue weighted by Gasteiger charge is 2.26. The third-order valence-corrected chi connectivity index (χ3v) is 10.3. The first-order valence-corrected chi connectivity index (χ1v) is 19.4. The Morgan fingerprint density at radius 3 is 2.10 bits per heavy atom. The predicted molar refractivity (Wildman–Crippen MR) is 205 cm³/mol. The van der Waals surface area contributed by atoms with Crippen LogP contribution in [0.25, 0.3) is 0 Å². The van der Waals surface area contributed by atoms with Crippen LogP contribution in [0, 0.1) is 0 Å². The molecule has 0 aliphatic carbocycles. The largest absolute Gasteiger partial charge is 0.444 e. The summed E-state index contributed by atoms with van der Waals surface area (Å²) < 4.78 is 5.49. The standard InChI is InChI=1S/C38H51N7O5S2/c1-27(2)36-42-32(25-51-36)23-45(3)37(48)44-34(16-17-39-18-19-46)35(47)41-30(20-28-10-6-4-7-11-28)14-15-31(21-29-12-8-5-9-13-29)43-38(49)50-24-33-22-40-26-52-33/h4-13,22,25-27,30-31,34,39,46H,14-21,23-24H2,1-3H3,(H,41,47)(H,43,49)(H,44,48)/t30-,31-,34-/m0/s1. The van der Waals surface area contributed by atoms with Crippen LogP contribution in [0.2, 0.25) is 0 Å². The average molecular weight is 750 g/mol. The number of urea groups is 1. The maximum Gasteiger partial charge on any atom is 0.407 e. The van der Waals surface area contributed by atoms with Crippen LogP contribution < -0.4 is 21.3 Å². The number of ether oxygens (including phenoxy) is 1. The van der Waals surface area contributed by atoms with Crippen LogP contribution >= 0.6 is 22.7 Å². The van der Waals surface area contributed by atoms with E-state index in [0.29, 0.717) is 57.7 Å². The molecule has 4 rings (SSSR count). The lowest BCUT2D eigenvalue weighted by atomic mass is 9.95. The number of aliphatic hydroxyl groups excluding tert-OH is 1. The summed E-state index contributed by atoms with van der Waals surface area (Å²) in [5.41, 5.74) is 4.61. The molecule has 0 spiro atoms. The SMILES string of the molecule is CC(C)c1nc(CN(C)C(=O)N[C@@H](CCNCCO)C(=O)N[C@@H](CC[C@@H](Cc2ccccc2)NC(=O)OCc2cncs2)Cc2ccccc2)cs1. The van der Waals surface area contributed by atoms with Crippen molar-refractivity contribution in [3.05, 3.63) is 104 Å². The second-order valence-electron chi connectivity index (χ2n) is 13.0. The van der Waals surface area contributed by atoms with Crippen molar-refractivity contribution in [2.75, 3.05) is 26.7 Å². The molecule has 0 aliphatic rings. The van der Waals surface area contributed by atoms with E-state index in [-0.39, 0.29) is 37.2 Å². The summed E-state index contributed by atoms with van der Waals surface area (Å²) in [4.78, 5) is 51.3. The number of carbonyl (C=O) groups excluding carboxylic acids is 3. The van der Waals surface area contributed by atoms with Crippen LogP contribution in [-0.2, 0) is 35.5 Å². The van der Waals surface area contributed by atoms with Crippen molar-refractivity contribution in [1.29, 1.82) is 0 Å². The van der Waals surface area contributed by atoms with Crippen molar-refractivity contribution >= 4 is 40.7 Å². The van der Waals surface area contributed by atoms with E-state index in [2.05, 4.69) is 45.1 Å². The number of hydrogen-bond acceptors (Lipinski definition) is 10. The predicted octanol–water partition coefficient (Wildman–Crippen LogP) is 5.25. The van der Waals surface area contributed by atoms with Gasteiger partial charge in [0.15, 0.2) is 0 Å². The number of rotatable bonds is 21. The van der Waals surface area contributed by atoms with E-state index in [0.717, 1.165) is 26.7 Å². The van der Waals surface area contributed by atoms with Gasteiger partial charge in [-0.15, -0.1) is 22.7 Å². The molecule has 0 fully saturated rings. The van der Waals surface area contributed by atoms with Gasteiger partial charge in [0, 0.05) is 43.2 Å². The fraction of sp³-hybridized carbons (Fsp3) is 0.447. The van der Waals surface area contributed by atoms with E-state index in [4.69, 9.17) is 4.74 Å². The normalized spacial score (nSPS) is 12.9. The van der Waals surface area contributed by atoms with Crippen LogP contribution in [0.1, 0.15) is 65.7 Å². The molecule has 0 saturated carbocycles. The average Bonchev–Trinajstić information content (AvgIpc) is 3.84. The van der Waals surface area contributed by atoms with Crippen LogP contribution in [0.5, 0.6) is 0 Å². The van der Waals surface area contributed by atoms with Gasteiger partial charge in [0.2, 0.25) is 5.91 Å². The van der Waals surface area contributed by atoms with E-state index >= 15 is 0 Å². The number of alkyl carbamates (subject to hydrolysis) is 1. The first-order chi connectivity index (χ1) is 25.2. The number of benzene rings is 2. The summed E-state index contributed by atoms with van der Waals surface area (Å²) in [5, 5.41) is 24.5. The zero-order chi connectivity index (χ0) is 37.1. The molecule has 0 saturated heterocycles. The first kappa shape index (κ1) is 40.4. The third-order valence-electron chi connectivity index (χ3n) is 8.33. The number of thiazole rings is 2. The van der Waals surface area contributed by atoms with E-state index in [1.54, 1.807) is 30.1 Å². The Morgan fingerprint density at radius 1 is 0.865 bits per heavy atom. The lowest BCUT2D eigenvalue weighted by Gasteiger charge is -2.27. The van der Waals surface area contributed by atoms with Crippen LogP contribution in [0.15, 0.2) is 77.8 Å². The molecule has 2 heterocycles. The van der Waals surface area contributed by atoms with Gasteiger partial charge in [0.1, 0.15) is 12.6 Å². The quantitative estimate of drug-likeness (QED) is 0.0724. The van der Waals surface area contributed by atoms with E-state index in [1.165, 1.54) is 16.2 Å². The highest BCUT2D eigenvalue weighted by molar-refractivity contribution is 7.09. The number of nitrogens with one attached hydrogen (secondary N) is 4. The van der Waals surface area contributed by atoms with Crippen molar-refractivity contribution in [3.63, 3.8) is 0 Å². The number of carbonyl (C=O) groups is 3. The molecule has 2 aromatic carbocycles. The van der Waals surface area contributed by atoms with E-state index < -0.39 is 12.1 Å². The zero-order valence-corrected chi connectivity index (χ0v) is 31.8. The Hall–Kier alpha value is -4.37. The fourth-order valence-corrected chi connectivity index (χ4v) is 6.90. The van der Waals surface area contributed by atoms with Gasteiger partial charge in [0.05, 0.1) is 34.2 Å². The van der Waals surface area contributed by atoms with Gasteiger partial charge in [-0.1, -0.05) is 74.5 Å². The topological polar surface area (TPSA) is 158 Å². The van der Waals surface area contributed by atoms with Crippen molar-refractivity contribution in [1.82, 2.24) is 36.1 Å². The number of amides is 4. The van der Waals surface area contributed by atoms with Crippen LogP contribution in [-0.4, -0.2) is 82.9 Å². The number of hydrogen-bond donors (Lipinski definition) is 5. The van der Waals surface area contributed by atoms with Crippen molar-refractivity contribution < 1.29 is 24.2 Å². The van der Waals surface area contributed by atoms with Gasteiger partial charge in [-0.25, -0.2) is 14.6 Å². The maximum atomic E-state index is 14.0. The molecule has 5 N–H and O–H groups in total. The molecule has 3 atom stereocenters. The number of aliphatic hydroxyl groups is 1. The molecule has 14 heteroatoms. The molecule has 0 radical (unpaired) electrons. The van der Waals surface area contributed by atoms with Crippen LogP contribution in [0.3, 0.4) is 0 Å². The highest BCUT2D eigenvalue weighted by atomic mass is 32.1. The summed E-state index contributed by atoms with van der Waals surface area (Å²) in [6.07, 6.45) is 3.74. The molecule has 280 valence electrons. The zero-order valence-electron chi connectivity index (χ0n) is 30.1. The second-order valence-corrected chi connectivity index (χ2v) is 14.9. The Balaban J connectivity index is 1.45. The molecule has 4 amide bonds. The van der Waals surface area contributed by atoms with Gasteiger partial charge < -0.3 is 36.0 Å². The van der Waals surface area contributed by atoms with Gasteiger partial charge in [0.25, 0.3) is 0 Å². The van der Waals surface area contributed by atoms with Crippen LogP contribution in [0.4, 0.5) is 9.59 Å². The minimum atomic E-state index is -0.832. The van der Waals surface area contributed by atoms with E-state index in [9.17, 15) is 19.5 Å². The lowest BCUT2D eigenvalue weighted by Crippen LogP contribution is -2.53. The summed E-state index contributed by atoms with van der Waals surface area (Å²) in [6.45, 7) is 5.37. The maximum absolute atomic E-state index is 14.0. The number of nitrogens with zero attached hydrogens (tertiary/aromatic N) is 3. The Morgan fingerprint density at radius 2 is 1.52 bits per heavy atom. The molecule has 52 heavy (non-hydrogen) atoms. The number of aromatic nitrogens is 2. The molecular weight excluding hydrogens is 699 g/mol. The molecule has 0 aliphatic heterocycles. The minimum absolute atomic E-state index is 0.0336. The van der Waals surface area contributed by atoms with E-state index in [1.807, 2.05) is 66.0 Å². The molecular formula is C38H51N7O5S2. The van der Waals surface area contributed by atoms with Crippen molar-refractivity contribution in [2.24, 2.45) is 0 Å². The van der Waals surface area contributed by atoms with Gasteiger partial charge >= 0.3 is 12.1 Å².